The number of thiocarbonyl (C=S) groups is 1. The molecular weight excluding hydrogens is 490 g/mol. The normalized spacial score (nSPS) is 11.1. The van der Waals surface area contributed by atoms with Crippen LogP contribution < -0.4 is 16.3 Å². The zero-order chi connectivity index (χ0) is 22.7. The number of nitrogens with zero attached hydrogens (tertiary/aromatic N) is 3. The molecule has 0 aliphatic heterocycles. The van der Waals surface area contributed by atoms with Crippen molar-refractivity contribution in [2.75, 3.05) is 5.32 Å². The lowest BCUT2D eigenvalue weighted by Crippen LogP contribution is -2.28. The molecule has 32 heavy (non-hydrogen) atoms. The molecule has 9 heteroatoms. The van der Waals surface area contributed by atoms with Crippen LogP contribution in [0.1, 0.15) is 11.5 Å². The zero-order valence-corrected chi connectivity index (χ0v) is 19.8. The number of nitrogens with one attached hydrogen (secondary N) is 2. The van der Waals surface area contributed by atoms with Gasteiger partial charge in [-0.3, -0.25) is 14.9 Å². The Morgan fingerprint density at radius 1 is 1.09 bits per heavy atom. The van der Waals surface area contributed by atoms with Crippen LogP contribution in [0.3, 0.4) is 0 Å². The van der Waals surface area contributed by atoms with Crippen molar-refractivity contribution >= 4 is 45.2 Å². The molecule has 2 aromatic carbocycles. The highest BCUT2D eigenvalue weighted by Crippen LogP contribution is 2.23. The number of halogens is 1. The average Bonchev–Trinajstić information content (AvgIpc) is 3.34. The third-order valence-electron chi connectivity index (χ3n) is 4.91. The molecule has 0 saturated carbocycles. The van der Waals surface area contributed by atoms with E-state index >= 15 is 0 Å². The summed E-state index contributed by atoms with van der Waals surface area (Å²) in [6.07, 6.45) is 1.52. The topological polar surface area (TPSA) is 76.5 Å². The van der Waals surface area contributed by atoms with Crippen molar-refractivity contribution in [1.29, 1.82) is 0 Å². The van der Waals surface area contributed by atoms with Gasteiger partial charge >= 0.3 is 0 Å². The van der Waals surface area contributed by atoms with Crippen molar-refractivity contribution in [2.24, 2.45) is 12.1 Å². The van der Waals surface area contributed by atoms with E-state index < -0.39 is 0 Å². The maximum Gasteiger partial charge on any atom is 0.295 e. The molecule has 0 aliphatic rings. The van der Waals surface area contributed by atoms with Crippen molar-refractivity contribution in [3.05, 3.63) is 93.0 Å². The summed E-state index contributed by atoms with van der Waals surface area (Å²) >= 11 is 8.73. The Morgan fingerprint density at radius 2 is 1.81 bits per heavy atom. The SMILES string of the molecule is Cc1c(NC(=S)NN=Cc2ccc(-c3ccc(Br)cc3)o2)c(=O)n(-c2ccccc2)n1C. The van der Waals surface area contributed by atoms with Crippen molar-refractivity contribution in [1.82, 2.24) is 14.8 Å². The number of hydrogen-bond acceptors (Lipinski definition) is 4. The van der Waals surface area contributed by atoms with Gasteiger partial charge in [0.25, 0.3) is 5.56 Å². The first-order chi connectivity index (χ1) is 15.4. The smallest absolute Gasteiger partial charge is 0.295 e. The van der Waals surface area contributed by atoms with E-state index in [0.29, 0.717) is 11.4 Å². The molecule has 4 rings (SSSR count). The van der Waals surface area contributed by atoms with Gasteiger partial charge in [-0.05, 0) is 55.5 Å². The quantitative estimate of drug-likeness (QED) is 0.229. The van der Waals surface area contributed by atoms with E-state index in [1.807, 2.05) is 80.7 Å². The number of benzene rings is 2. The molecule has 0 saturated heterocycles. The Hall–Kier alpha value is -3.43. The molecule has 0 radical (unpaired) electrons. The summed E-state index contributed by atoms with van der Waals surface area (Å²) in [7, 11) is 1.82. The van der Waals surface area contributed by atoms with Crippen LogP contribution >= 0.6 is 28.1 Å². The second kappa shape index (κ2) is 9.37. The van der Waals surface area contributed by atoms with E-state index in [1.54, 1.807) is 9.36 Å². The molecule has 0 unspecified atom stereocenters. The first-order valence-electron chi connectivity index (χ1n) is 9.74. The molecule has 0 bridgehead atoms. The number of rotatable bonds is 5. The van der Waals surface area contributed by atoms with Crippen LogP contribution in [0.25, 0.3) is 17.0 Å². The van der Waals surface area contributed by atoms with Gasteiger partial charge in [-0.25, -0.2) is 4.68 Å². The maximum atomic E-state index is 12.9. The van der Waals surface area contributed by atoms with E-state index in [9.17, 15) is 4.79 Å². The molecular formula is C23H20BrN5O2S. The molecule has 0 aliphatic carbocycles. The lowest BCUT2D eigenvalue weighted by Gasteiger charge is -2.07. The van der Waals surface area contributed by atoms with Gasteiger partial charge in [-0.15, -0.1) is 0 Å². The van der Waals surface area contributed by atoms with Crippen LogP contribution in [-0.2, 0) is 7.05 Å². The van der Waals surface area contributed by atoms with Gasteiger partial charge in [0.15, 0.2) is 5.11 Å². The van der Waals surface area contributed by atoms with Gasteiger partial charge in [0.1, 0.15) is 17.2 Å². The maximum absolute atomic E-state index is 12.9. The molecule has 2 heterocycles. The van der Waals surface area contributed by atoms with Gasteiger partial charge in [0, 0.05) is 17.1 Å². The Kier molecular flexibility index (Phi) is 6.38. The predicted molar refractivity (Wildman–Crippen MR) is 135 cm³/mol. The average molecular weight is 510 g/mol. The fraction of sp³-hybridized carbons (Fsp3) is 0.0870. The van der Waals surface area contributed by atoms with Gasteiger partial charge < -0.3 is 9.73 Å². The van der Waals surface area contributed by atoms with Gasteiger partial charge in [0.2, 0.25) is 0 Å². The Morgan fingerprint density at radius 3 is 2.53 bits per heavy atom. The largest absolute Gasteiger partial charge is 0.455 e. The Labute approximate surface area is 198 Å². The minimum Gasteiger partial charge on any atom is -0.455 e. The molecule has 0 atom stereocenters. The van der Waals surface area contributed by atoms with Gasteiger partial charge in [0.05, 0.1) is 17.6 Å². The predicted octanol–water partition coefficient (Wildman–Crippen LogP) is 4.83. The number of furan rings is 1. The summed E-state index contributed by atoms with van der Waals surface area (Å²) in [5.74, 6) is 1.31. The van der Waals surface area contributed by atoms with E-state index in [1.165, 1.54) is 6.21 Å². The second-order valence-electron chi connectivity index (χ2n) is 6.97. The number of aromatic nitrogens is 2. The lowest BCUT2D eigenvalue weighted by atomic mass is 10.2. The molecule has 0 spiro atoms. The van der Waals surface area contributed by atoms with Crippen molar-refractivity contribution < 1.29 is 4.42 Å². The third-order valence-corrected chi connectivity index (χ3v) is 5.63. The second-order valence-corrected chi connectivity index (χ2v) is 8.29. The molecule has 4 aromatic rings. The van der Waals surface area contributed by atoms with Gasteiger partial charge in [-0.2, -0.15) is 5.10 Å². The highest BCUT2D eigenvalue weighted by molar-refractivity contribution is 9.10. The monoisotopic (exact) mass is 509 g/mol. The summed E-state index contributed by atoms with van der Waals surface area (Å²) in [5, 5.41) is 7.26. The minimum absolute atomic E-state index is 0.200. The molecule has 0 fully saturated rings. The van der Waals surface area contributed by atoms with E-state index in [0.717, 1.165) is 27.2 Å². The number of anilines is 1. The van der Waals surface area contributed by atoms with Crippen molar-refractivity contribution in [3.8, 4) is 17.0 Å². The van der Waals surface area contributed by atoms with Crippen LogP contribution in [-0.4, -0.2) is 20.7 Å². The van der Waals surface area contributed by atoms with Crippen LogP contribution in [0.2, 0.25) is 0 Å². The number of hydrazone groups is 1. The highest BCUT2D eigenvalue weighted by Gasteiger charge is 2.16. The van der Waals surface area contributed by atoms with Crippen LogP contribution in [0, 0.1) is 6.92 Å². The molecule has 7 nitrogen and oxygen atoms in total. The molecule has 162 valence electrons. The highest BCUT2D eigenvalue weighted by atomic mass is 79.9. The van der Waals surface area contributed by atoms with Crippen molar-refractivity contribution in [3.63, 3.8) is 0 Å². The van der Waals surface area contributed by atoms with E-state index in [2.05, 4.69) is 31.8 Å². The Bertz CT molecular complexity index is 1340. The Balaban J connectivity index is 1.43. The molecule has 2 N–H and O–H groups in total. The summed E-state index contributed by atoms with van der Waals surface area (Å²) in [5.41, 5.74) is 5.40. The summed E-state index contributed by atoms with van der Waals surface area (Å²) in [6.45, 7) is 1.85. The first-order valence-corrected chi connectivity index (χ1v) is 10.9. The minimum atomic E-state index is -0.200. The lowest BCUT2D eigenvalue weighted by molar-refractivity contribution is 0.574. The zero-order valence-electron chi connectivity index (χ0n) is 17.4. The van der Waals surface area contributed by atoms with E-state index in [4.69, 9.17) is 16.6 Å². The summed E-state index contributed by atoms with van der Waals surface area (Å²) < 4.78 is 10.2. The third kappa shape index (κ3) is 4.58. The summed E-state index contributed by atoms with van der Waals surface area (Å²) in [4.78, 5) is 12.9. The molecule has 2 aromatic heterocycles. The van der Waals surface area contributed by atoms with E-state index in [-0.39, 0.29) is 10.7 Å². The number of para-hydroxylation sites is 1. The van der Waals surface area contributed by atoms with Crippen LogP contribution in [0.5, 0.6) is 0 Å². The summed E-state index contributed by atoms with van der Waals surface area (Å²) in [6, 6.07) is 20.9. The standard InChI is InChI=1S/C23H20BrN5O2S/c1-15-21(22(30)29(28(15)2)18-6-4-3-5-7-18)26-23(32)27-25-14-19-12-13-20(31-19)16-8-10-17(24)11-9-16/h3-14H,1-2H3,(H2,26,27,32). The van der Waals surface area contributed by atoms with Crippen molar-refractivity contribution in [2.45, 2.75) is 6.92 Å². The van der Waals surface area contributed by atoms with Crippen LogP contribution in [0.15, 0.2) is 85.5 Å². The number of hydrogen-bond donors (Lipinski definition) is 2. The van der Waals surface area contributed by atoms with Crippen LogP contribution in [0.4, 0.5) is 5.69 Å². The molecule has 0 amide bonds. The first kappa shape index (κ1) is 21.8. The fourth-order valence-electron chi connectivity index (χ4n) is 3.20. The van der Waals surface area contributed by atoms with Gasteiger partial charge in [-0.1, -0.05) is 46.3 Å². The fourth-order valence-corrected chi connectivity index (χ4v) is 3.62.